The number of hydrogen-bond acceptors (Lipinski definition) is 2. The first-order valence-corrected chi connectivity index (χ1v) is 7.48. The van der Waals surface area contributed by atoms with Gasteiger partial charge in [0.2, 0.25) is 0 Å². The second-order valence-corrected chi connectivity index (χ2v) is 5.88. The van der Waals surface area contributed by atoms with Gasteiger partial charge in [-0.3, -0.25) is 0 Å². The van der Waals surface area contributed by atoms with Crippen molar-refractivity contribution in [2.75, 3.05) is 11.4 Å². The normalized spacial score (nSPS) is 15.7. The Balaban J connectivity index is 2.11. The second-order valence-electron chi connectivity index (χ2n) is 5.88. The van der Waals surface area contributed by atoms with Crippen LogP contribution >= 0.6 is 0 Å². The Hall–Kier alpha value is -1.87. The van der Waals surface area contributed by atoms with E-state index in [9.17, 15) is 4.39 Å². The van der Waals surface area contributed by atoms with E-state index in [1.54, 1.807) is 6.07 Å². The fourth-order valence-corrected chi connectivity index (χ4v) is 3.11. The van der Waals surface area contributed by atoms with Crippen molar-refractivity contribution in [3.8, 4) is 0 Å². The smallest absolute Gasteiger partial charge is 0.123 e. The molecule has 2 aromatic carbocycles. The third kappa shape index (κ3) is 2.66. The summed E-state index contributed by atoms with van der Waals surface area (Å²) >= 11 is 0. The molecule has 3 heteroatoms. The Kier molecular flexibility index (Phi) is 3.68. The van der Waals surface area contributed by atoms with E-state index in [0.29, 0.717) is 0 Å². The van der Waals surface area contributed by atoms with E-state index in [1.807, 2.05) is 13.0 Å². The van der Waals surface area contributed by atoms with E-state index in [2.05, 4.69) is 30.0 Å². The maximum Gasteiger partial charge on any atom is 0.123 e. The number of aryl methyl sites for hydroxylation is 2. The third-order valence-electron chi connectivity index (χ3n) is 4.12. The van der Waals surface area contributed by atoms with Crippen LogP contribution in [-0.4, -0.2) is 6.54 Å². The molecule has 0 aliphatic carbocycles. The highest BCUT2D eigenvalue weighted by molar-refractivity contribution is 5.71. The molecular weight excluding hydrogens is 263 g/mol. The SMILES string of the molecule is Cc1ccc2c(c1)CCCN2c1ccc(F)cc1[C@H](C)N. The monoisotopic (exact) mass is 284 g/mol. The van der Waals surface area contributed by atoms with Gasteiger partial charge in [0, 0.05) is 24.0 Å². The summed E-state index contributed by atoms with van der Waals surface area (Å²) in [7, 11) is 0. The van der Waals surface area contributed by atoms with Crippen LogP contribution in [0.2, 0.25) is 0 Å². The molecule has 0 spiro atoms. The summed E-state index contributed by atoms with van der Waals surface area (Å²) in [5.41, 5.74) is 11.8. The van der Waals surface area contributed by atoms with E-state index in [1.165, 1.54) is 22.9 Å². The van der Waals surface area contributed by atoms with Gasteiger partial charge in [-0.25, -0.2) is 4.39 Å². The number of benzene rings is 2. The second kappa shape index (κ2) is 5.49. The van der Waals surface area contributed by atoms with Crippen LogP contribution in [0.15, 0.2) is 36.4 Å². The predicted molar refractivity (Wildman–Crippen MR) is 85.5 cm³/mol. The van der Waals surface area contributed by atoms with Crippen LogP contribution in [0.1, 0.15) is 36.1 Å². The zero-order valence-electron chi connectivity index (χ0n) is 12.6. The van der Waals surface area contributed by atoms with Crippen molar-refractivity contribution < 1.29 is 4.39 Å². The topological polar surface area (TPSA) is 29.3 Å². The van der Waals surface area contributed by atoms with Crippen molar-refractivity contribution in [2.24, 2.45) is 5.73 Å². The summed E-state index contributed by atoms with van der Waals surface area (Å²) in [6.07, 6.45) is 2.20. The molecule has 0 aromatic heterocycles. The summed E-state index contributed by atoms with van der Waals surface area (Å²) in [5.74, 6) is -0.229. The molecule has 1 aliphatic rings. The standard InChI is InChI=1S/C18H21FN2/c1-12-5-7-17-14(10-12)4-3-9-21(17)18-8-6-15(19)11-16(18)13(2)20/h5-8,10-11,13H,3-4,9,20H2,1-2H3/t13-/m0/s1. The van der Waals surface area contributed by atoms with Gasteiger partial charge in [0.05, 0.1) is 0 Å². The highest BCUT2D eigenvalue weighted by Gasteiger charge is 2.21. The maximum absolute atomic E-state index is 13.5. The van der Waals surface area contributed by atoms with Crippen LogP contribution in [0.25, 0.3) is 0 Å². The van der Waals surface area contributed by atoms with Gasteiger partial charge in [0.1, 0.15) is 5.82 Å². The molecule has 0 radical (unpaired) electrons. The Bertz CT molecular complexity index is 664. The first kappa shape index (κ1) is 14.1. The zero-order valence-corrected chi connectivity index (χ0v) is 12.6. The van der Waals surface area contributed by atoms with Crippen molar-refractivity contribution in [1.29, 1.82) is 0 Å². The summed E-state index contributed by atoms with van der Waals surface area (Å²) < 4.78 is 13.5. The van der Waals surface area contributed by atoms with Gasteiger partial charge in [-0.05, 0) is 62.1 Å². The van der Waals surface area contributed by atoms with E-state index >= 15 is 0 Å². The van der Waals surface area contributed by atoms with Gasteiger partial charge in [-0.1, -0.05) is 17.7 Å². The summed E-state index contributed by atoms with van der Waals surface area (Å²) in [4.78, 5) is 2.27. The first-order valence-electron chi connectivity index (χ1n) is 7.48. The van der Waals surface area contributed by atoms with Gasteiger partial charge in [-0.2, -0.15) is 0 Å². The Morgan fingerprint density at radius 2 is 1.90 bits per heavy atom. The van der Waals surface area contributed by atoms with E-state index in [0.717, 1.165) is 30.6 Å². The van der Waals surface area contributed by atoms with Crippen molar-refractivity contribution in [1.82, 2.24) is 0 Å². The lowest BCUT2D eigenvalue weighted by Gasteiger charge is -2.33. The largest absolute Gasteiger partial charge is 0.341 e. The van der Waals surface area contributed by atoms with Crippen LogP contribution in [0.5, 0.6) is 0 Å². The number of fused-ring (bicyclic) bond motifs is 1. The number of nitrogens with zero attached hydrogens (tertiary/aromatic N) is 1. The van der Waals surface area contributed by atoms with Crippen molar-refractivity contribution in [2.45, 2.75) is 32.7 Å². The molecule has 0 unspecified atom stereocenters. The third-order valence-corrected chi connectivity index (χ3v) is 4.12. The molecule has 110 valence electrons. The molecular formula is C18H21FN2. The number of hydrogen-bond donors (Lipinski definition) is 1. The van der Waals surface area contributed by atoms with E-state index in [-0.39, 0.29) is 11.9 Å². The molecule has 2 aromatic rings. The van der Waals surface area contributed by atoms with Gasteiger partial charge in [0.25, 0.3) is 0 Å². The maximum atomic E-state index is 13.5. The highest BCUT2D eigenvalue weighted by Crippen LogP contribution is 2.37. The number of anilines is 2. The van der Waals surface area contributed by atoms with Crippen LogP contribution in [0, 0.1) is 12.7 Å². The molecule has 0 amide bonds. The van der Waals surface area contributed by atoms with Gasteiger partial charge < -0.3 is 10.6 Å². The lowest BCUT2D eigenvalue weighted by atomic mass is 9.97. The molecule has 1 aliphatic heterocycles. The summed E-state index contributed by atoms with van der Waals surface area (Å²) in [5, 5.41) is 0. The fraction of sp³-hybridized carbons (Fsp3) is 0.333. The lowest BCUT2D eigenvalue weighted by molar-refractivity contribution is 0.621. The molecule has 0 bridgehead atoms. The van der Waals surface area contributed by atoms with Crippen LogP contribution in [0.3, 0.4) is 0 Å². The molecule has 2 N–H and O–H groups in total. The van der Waals surface area contributed by atoms with Gasteiger partial charge in [0.15, 0.2) is 0 Å². The van der Waals surface area contributed by atoms with Gasteiger partial charge >= 0.3 is 0 Å². The van der Waals surface area contributed by atoms with E-state index in [4.69, 9.17) is 5.73 Å². The molecule has 1 atom stereocenters. The van der Waals surface area contributed by atoms with Crippen molar-refractivity contribution in [3.05, 3.63) is 58.9 Å². The van der Waals surface area contributed by atoms with E-state index < -0.39 is 0 Å². The zero-order chi connectivity index (χ0) is 15.0. The molecule has 0 saturated heterocycles. The number of rotatable bonds is 2. The Labute approximate surface area is 125 Å². The van der Waals surface area contributed by atoms with Crippen LogP contribution in [-0.2, 0) is 6.42 Å². The highest BCUT2D eigenvalue weighted by atomic mass is 19.1. The summed E-state index contributed by atoms with van der Waals surface area (Å²) in [6.45, 7) is 4.96. The van der Waals surface area contributed by atoms with Crippen LogP contribution < -0.4 is 10.6 Å². The van der Waals surface area contributed by atoms with Gasteiger partial charge in [-0.15, -0.1) is 0 Å². The van der Waals surface area contributed by atoms with Crippen molar-refractivity contribution in [3.63, 3.8) is 0 Å². The average Bonchev–Trinajstić information content (AvgIpc) is 2.46. The molecule has 21 heavy (non-hydrogen) atoms. The van der Waals surface area contributed by atoms with Crippen LogP contribution in [0.4, 0.5) is 15.8 Å². The molecule has 3 rings (SSSR count). The quantitative estimate of drug-likeness (QED) is 0.893. The molecule has 2 nitrogen and oxygen atoms in total. The lowest BCUT2D eigenvalue weighted by Crippen LogP contribution is -2.26. The number of nitrogens with two attached hydrogens (primary N) is 1. The molecule has 1 heterocycles. The number of halogens is 1. The minimum absolute atomic E-state index is 0.188. The predicted octanol–water partition coefficient (Wildman–Crippen LogP) is 4.24. The average molecular weight is 284 g/mol. The summed E-state index contributed by atoms with van der Waals surface area (Å²) in [6, 6.07) is 11.3. The minimum Gasteiger partial charge on any atom is -0.341 e. The first-order chi connectivity index (χ1) is 10.1. The Morgan fingerprint density at radius 3 is 2.67 bits per heavy atom. The Morgan fingerprint density at radius 1 is 1.14 bits per heavy atom. The van der Waals surface area contributed by atoms with Crippen molar-refractivity contribution >= 4 is 11.4 Å². The molecule has 0 fully saturated rings. The fourth-order valence-electron chi connectivity index (χ4n) is 3.11. The molecule has 0 saturated carbocycles. The minimum atomic E-state index is -0.229.